The molecule has 62 valence electrons. The molecule has 0 aromatic rings. The van der Waals surface area contributed by atoms with Gasteiger partial charge >= 0.3 is 12.2 Å². The first-order chi connectivity index (χ1) is 5.06. The van der Waals surface area contributed by atoms with Crippen molar-refractivity contribution < 1.29 is 17.6 Å². The van der Waals surface area contributed by atoms with Gasteiger partial charge < -0.3 is 0 Å². The molecular formula is C7H6F4. The quantitative estimate of drug-likeness (QED) is 0.381. The fourth-order valence-electron chi connectivity index (χ4n) is 0.102. The van der Waals surface area contributed by atoms with Crippen LogP contribution in [-0.4, -0.2) is 0 Å². The van der Waals surface area contributed by atoms with Gasteiger partial charge in [-0.2, -0.15) is 17.6 Å². The Hall–Kier alpha value is -1.24. The molecule has 0 aromatic carbocycles. The van der Waals surface area contributed by atoms with Crippen LogP contribution in [0.15, 0.2) is 36.3 Å². The molecule has 4 heteroatoms. The second kappa shape index (κ2) is 8.76. The lowest BCUT2D eigenvalue weighted by Gasteiger charge is -1.69. The van der Waals surface area contributed by atoms with Crippen molar-refractivity contribution in [1.29, 1.82) is 0 Å². The Kier molecular flexibility index (Phi) is 9.90. The van der Waals surface area contributed by atoms with Gasteiger partial charge in [-0.3, -0.25) is 0 Å². The zero-order chi connectivity index (χ0) is 9.28. The van der Waals surface area contributed by atoms with Crippen molar-refractivity contribution in [3.63, 3.8) is 0 Å². The molecule has 0 aliphatic heterocycles. The van der Waals surface area contributed by atoms with Crippen LogP contribution < -0.4 is 0 Å². The van der Waals surface area contributed by atoms with E-state index in [4.69, 9.17) is 0 Å². The van der Waals surface area contributed by atoms with Crippen molar-refractivity contribution in [2.24, 2.45) is 0 Å². The summed E-state index contributed by atoms with van der Waals surface area (Å²) in [6.45, 7) is 5.16. The van der Waals surface area contributed by atoms with Crippen LogP contribution >= 0.6 is 0 Å². The first kappa shape index (κ1) is 12.4. The molecule has 11 heavy (non-hydrogen) atoms. The standard InChI is InChI=1S/C5H6.C2F4/c1-3-5-4-2;3-1(4)2(5)6/h4H,1H2,2H3;. The van der Waals surface area contributed by atoms with Crippen LogP contribution in [0.4, 0.5) is 17.6 Å². The molecule has 0 saturated carbocycles. The lowest BCUT2D eigenvalue weighted by molar-refractivity contribution is 0.308. The van der Waals surface area contributed by atoms with E-state index in [2.05, 4.69) is 18.0 Å². The van der Waals surface area contributed by atoms with Crippen molar-refractivity contribution in [2.75, 3.05) is 0 Å². The Balaban J connectivity index is 0. The van der Waals surface area contributed by atoms with E-state index in [1.54, 1.807) is 6.08 Å². The van der Waals surface area contributed by atoms with E-state index in [1.807, 2.05) is 6.92 Å². The van der Waals surface area contributed by atoms with Gasteiger partial charge in [0.1, 0.15) is 0 Å². The SMILES string of the molecule is C=C=C=CC.FC(F)=C(F)F. The third kappa shape index (κ3) is 17.7. The second-order valence-electron chi connectivity index (χ2n) is 1.13. The average Bonchev–Trinajstić information content (AvgIpc) is 1.90. The molecule has 0 amide bonds. The van der Waals surface area contributed by atoms with Gasteiger partial charge in [0.2, 0.25) is 0 Å². The lowest BCUT2D eigenvalue weighted by Crippen LogP contribution is -1.56. The topological polar surface area (TPSA) is 0 Å². The summed E-state index contributed by atoms with van der Waals surface area (Å²) in [7, 11) is 0. The predicted octanol–water partition coefficient (Wildman–Crippen LogP) is 3.49. The van der Waals surface area contributed by atoms with Gasteiger partial charge in [0.15, 0.2) is 0 Å². The van der Waals surface area contributed by atoms with Gasteiger partial charge in [-0.25, -0.2) is 0 Å². The summed E-state index contributed by atoms with van der Waals surface area (Å²) >= 11 is 0. The molecule has 0 N–H and O–H groups in total. The molecular weight excluding hydrogens is 160 g/mol. The molecule has 0 aliphatic carbocycles. The summed E-state index contributed by atoms with van der Waals surface area (Å²) in [6.07, 6.45) is -4.06. The first-order valence-electron chi connectivity index (χ1n) is 2.48. The minimum Gasteiger partial charge on any atom is -0.167 e. The van der Waals surface area contributed by atoms with E-state index in [0.717, 1.165) is 0 Å². The Morgan fingerprint density at radius 2 is 1.55 bits per heavy atom. The lowest BCUT2D eigenvalue weighted by atomic mass is 10.7. The zero-order valence-corrected chi connectivity index (χ0v) is 5.80. The molecule has 0 bridgehead atoms. The monoisotopic (exact) mass is 166 g/mol. The van der Waals surface area contributed by atoms with Gasteiger partial charge in [-0.15, -0.1) is 0 Å². The third-order valence-corrected chi connectivity index (χ3v) is 0.389. The van der Waals surface area contributed by atoms with Crippen LogP contribution in [-0.2, 0) is 0 Å². The molecule has 0 heterocycles. The van der Waals surface area contributed by atoms with Crippen molar-refractivity contribution in [3.8, 4) is 0 Å². The molecule has 0 aliphatic rings. The third-order valence-electron chi connectivity index (χ3n) is 0.389. The largest absolute Gasteiger partial charge is 0.334 e. The van der Waals surface area contributed by atoms with Crippen LogP contribution in [0.5, 0.6) is 0 Å². The second-order valence-corrected chi connectivity index (χ2v) is 1.13. The molecule has 0 spiro atoms. The maximum absolute atomic E-state index is 10.3. The summed E-state index contributed by atoms with van der Waals surface area (Å²) < 4.78 is 41.1. The van der Waals surface area contributed by atoms with Gasteiger partial charge in [-0.1, -0.05) is 11.5 Å². The van der Waals surface area contributed by atoms with Crippen LogP contribution in [0.3, 0.4) is 0 Å². The van der Waals surface area contributed by atoms with Crippen molar-refractivity contribution in [2.45, 2.75) is 6.92 Å². The maximum Gasteiger partial charge on any atom is 0.334 e. The van der Waals surface area contributed by atoms with Crippen LogP contribution in [0.1, 0.15) is 6.92 Å². The highest BCUT2D eigenvalue weighted by atomic mass is 19.3. The number of hydrogen-bond donors (Lipinski definition) is 0. The molecule has 0 nitrogen and oxygen atoms in total. The van der Waals surface area contributed by atoms with E-state index in [1.165, 1.54) is 0 Å². The predicted molar refractivity (Wildman–Crippen MR) is 34.4 cm³/mol. The average molecular weight is 166 g/mol. The minimum absolute atomic E-state index is 1.76. The zero-order valence-electron chi connectivity index (χ0n) is 5.80. The summed E-state index contributed by atoms with van der Waals surface area (Å²) in [6, 6.07) is 0. The smallest absolute Gasteiger partial charge is 0.167 e. The maximum atomic E-state index is 10.3. The minimum atomic E-state index is -2.91. The summed E-state index contributed by atoms with van der Waals surface area (Å²) in [4.78, 5) is 0. The summed E-state index contributed by atoms with van der Waals surface area (Å²) in [5, 5.41) is 0. The van der Waals surface area contributed by atoms with E-state index in [-0.39, 0.29) is 0 Å². The molecule has 0 atom stereocenters. The molecule has 0 aromatic heterocycles. The Morgan fingerprint density at radius 3 is 1.55 bits per heavy atom. The summed E-state index contributed by atoms with van der Waals surface area (Å²) in [5.74, 6) is 0. The van der Waals surface area contributed by atoms with E-state index in [0.29, 0.717) is 0 Å². The van der Waals surface area contributed by atoms with E-state index in [9.17, 15) is 17.6 Å². The molecule has 0 rings (SSSR count). The van der Waals surface area contributed by atoms with Gasteiger partial charge in [0.05, 0.1) is 0 Å². The molecule has 0 fully saturated rings. The molecule has 0 saturated heterocycles. The molecule has 0 radical (unpaired) electrons. The molecule has 0 unspecified atom stereocenters. The van der Waals surface area contributed by atoms with E-state index >= 15 is 0 Å². The highest BCUT2D eigenvalue weighted by molar-refractivity contribution is 4.77. The van der Waals surface area contributed by atoms with Crippen LogP contribution in [0, 0.1) is 0 Å². The van der Waals surface area contributed by atoms with Crippen LogP contribution in [0.2, 0.25) is 0 Å². The van der Waals surface area contributed by atoms with Crippen molar-refractivity contribution in [3.05, 3.63) is 36.3 Å². The first-order valence-corrected chi connectivity index (χ1v) is 2.48. The summed E-state index contributed by atoms with van der Waals surface area (Å²) in [5.41, 5.74) is 5.09. The fourth-order valence-corrected chi connectivity index (χ4v) is 0.102. The number of hydrogen-bond acceptors (Lipinski definition) is 0. The van der Waals surface area contributed by atoms with Gasteiger partial charge in [-0.05, 0) is 19.6 Å². The van der Waals surface area contributed by atoms with Crippen molar-refractivity contribution in [1.82, 2.24) is 0 Å². The number of rotatable bonds is 0. The van der Waals surface area contributed by atoms with Gasteiger partial charge in [0, 0.05) is 0 Å². The Labute approximate surface area is 61.8 Å². The fraction of sp³-hybridized carbons (Fsp3) is 0.143. The van der Waals surface area contributed by atoms with Gasteiger partial charge in [0.25, 0.3) is 0 Å². The van der Waals surface area contributed by atoms with Crippen LogP contribution in [0.25, 0.3) is 0 Å². The van der Waals surface area contributed by atoms with Crippen molar-refractivity contribution >= 4 is 0 Å². The van der Waals surface area contributed by atoms with E-state index < -0.39 is 12.2 Å². The Morgan fingerprint density at radius 1 is 1.18 bits per heavy atom. The normalized spacial score (nSPS) is 6.27. The highest BCUT2D eigenvalue weighted by Gasteiger charge is 1.98. The number of allylic oxidation sites excluding steroid dienone is 1. The highest BCUT2D eigenvalue weighted by Crippen LogP contribution is 2.08. The number of halogens is 4. The Bertz CT molecular complexity index is 186.